The molecule has 3 rings (SSSR count). The average molecular weight is 363 g/mol. The van der Waals surface area contributed by atoms with Crippen LogP contribution in [-0.4, -0.2) is 24.0 Å². The Bertz CT molecular complexity index is 899. The van der Waals surface area contributed by atoms with Crippen LogP contribution in [0.2, 0.25) is 0 Å². The van der Waals surface area contributed by atoms with E-state index >= 15 is 0 Å². The van der Waals surface area contributed by atoms with Gasteiger partial charge in [-0.1, -0.05) is 36.4 Å². The van der Waals surface area contributed by atoms with E-state index in [0.717, 1.165) is 17.9 Å². The fourth-order valence-corrected chi connectivity index (χ4v) is 2.94. The van der Waals surface area contributed by atoms with Crippen molar-refractivity contribution in [2.75, 3.05) is 18.0 Å². The summed E-state index contributed by atoms with van der Waals surface area (Å²) in [6, 6.07) is 20.2. The molecule has 0 saturated heterocycles. The predicted octanol–water partition coefficient (Wildman–Crippen LogP) is 4.35. The molecule has 0 aliphatic carbocycles. The first kappa shape index (κ1) is 18.6. The van der Waals surface area contributed by atoms with Gasteiger partial charge in [0.2, 0.25) is 0 Å². The molecule has 4 nitrogen and oxygen atoms in total. The zero-order chi connectivity index (χ0) is 19.1. The number of nitrogens with one attached hydrogen (secondary N) is 1. The summed E-state index contributed by atoms with van der Waals surface area (Å²) in [6.45, 7) is 3.17. The number of para-hydroxylation sites is 1. The second-order valence-electron chi connectivity index (χ2n) is 6.08. The van der Waals surface area contributed by atoms with Gasteiger partial charge in [0.15, 0.2) is 0 Å². The summed E-state index contributed by atoms with van der Waals surface area (Å²) in [5.41, 5.74) is 2.88. The number of carbonyl (C=O) groups is 1. The molecule has 0 bridgehead atoms. The Morgan fingerprint density at radius 1 is 1.04 bits per heavy atom. The summed E-state index contributed by atoms with van der Waals surface area (Å²) < 4.78 is 13.6. The second-order valence-corrected chi connectivity index (χ2v) is 6.08. The van der Waals surface area contributed by atoms with Gasteiger partial charge < -0.3 is 10.2 Å². The highest BCUT2D eigenvalue weighted by Gasteiger charge is 2.12. The highest BCUT2D eigenvalue weighted by molar-refractivity contribution is 5.93. The number of hydrogen-bond acceptors (Lipinski definition) is 3. The molecule has 0 saturated carbocycles. The van der Waals surface area contributed by atoms with Crippen LogP contribution in [0.1, 0.15) is 23.0 Å². The molecule has 0 fully saturated rings. The van der Waals surface area contributed by atoms with Crippen LogP contribution in [0, 0.1) is 5.82 Å². The van der Waals surface area contributed by atoms with Gasteiger partial charge in [0.05, 0.1) is 0 Å². The summed E-state index contributed by atoms with van der Waals surface area (Å²) in [6.07, 6.45) is 2.07. The number of hydrogen-bond donors (Lipinski definition) is 1. The van der Waals surface area contributed by atoms with E-state index in [1.165, 1.54) is 6.07 Å². The van der Waals surface area contributed by atoms with E-state index in [4.69, 9.17) is 0 Å². The number of nitrogens with zero attached hydrogens (tertiary/aromatic N) is 2. The van der Waals surface area contributed by atoms with Crippen LogP contribution in [-0.2, 0) is 6.42 Å². The molecular formula is C22H22FN3O. The van der Waals surface area contributed by atoms with Crippen molar-refractivity contribution in [3.63, 3.8) is 0 Å². The van der Waals surface area contributed by atoms with Gasteiger partial charge in [0.1, 0.15) is 11.5 Å². The molecule has 1 heterocycles. The highest BCUT2D eigenvalue weighted by Crippen LogP contribution is 2.24. The third-order valence-corrected chi connectivity index (χ3v) is 4.31. The predicted molar refractivity (Wildman–Crippen MR) is 106 cm³/mol. The number of rotatable bonds is 7. The van der Waals surface area contributed by atoms with E-state index in [2.05, 4.69) is 22.1 Å². The molecule has 27 heavy (non-hydrogen) atoms. The normalized spacial score (nSPS) is 10.4. The maximum absolute atomic E-state index is 13.6. The minimum absolute atomic E-state index is 0.256. The van der Waals surface area contributed by atoms with Gasteiger partial charge in [-0.25, -0.2) is 4.39 Å². The third-order valence-electron chi connectivity index (χ3n) is 4.31. The van der Waals surface area contributed by atoms with Crippen LogP contribution in [0.25, 0.3) is 0 Å². The second kappa shape index (κ2) is 8.94. The van der Waals surface area contributed by atoms with Crippen molar-refractivity contribution < 1.29 is 9.18 Å². The van der Waals surface area contributed by atoms with Crippen LogP contribution >= 0.6 is 0 Å². The Morgan fingerprint density at radius 2 is 1.78 bits per heavy atom. The zero-order valence-corrected chi connectivity index (χ0v) is 15.2. The molecule has 0 aliphatic rings. The van der Waals surface area contributed by atoms with Gasteiger partial charge >= 0.3 is 0 Å². The first-order chi connectivity index (χ1) is 13.2. The number of pyridine rings is 1. The molecular weight excluding hydrogens is 341 g/mol. The minimum Gasteiger partial charge on any atom is -0.350 e. The zero-order valence-electron chi connectivity index (χ0n) is 15.2. The number of carbonyl (C=O) groups excluding carboxylic acids is 1. The van der Waals surface area contributed by atoms with Gasteiger partial charge in [-0.3, -0.25) is 9.78 Å². The Labute approximate surface area is 158 Å². The summed E-state index contributed by atoms with van der Waals surface area (Å²) in [4.78, 5) is 18.7. The van der Waals surface area contributed by atoms with Gasteiger partial charge in [-0.05, 0) is 49.2 Å². The van der Waals surface area contributed by atoms with Gasteiger partial charge in [-0.15, -0.1) is 0 Å². The van der Waals surface area contributed by atoms with E-state index in [1.54, 1.807) is 30.5 Å². The van der Waals surface area contributed by atoms with Crippen molar-refractivity contribution in [2.45, 2.75) is 13.3 Å². The van der Waals surface area contributed by atoms with E-state index in [-0.39, 0.29) is 11.7 Å². The van der Waals surface area contributed by atoms with E-state index in [9.17, 15) is 9.18 Å². The molecule has 0 aliphatic heterocycles. The quantitative estimate of drug-likeness (QED) is 0.679. The fourth-order valence-electron chi connectivity index (χ4n) is 2.94. The number of benzene rings is 2. The van der Waals surface area contributed by atoms with Crippen molar-refractivity contribution in [1.29, 1.82) is 0 Å². The maximum atomic E-state index is 13.6. The van der Waals surface area contributed by atoms with Crippen molar-refractivity contribution >= 4 is 17.3 Å². The van der Waals surface area contributed by atoms with Crippen LogP contribution in [0.3, 0.4) is 0 Å². The van der Waals surface area contributed by atoms with Crippen LogP contribution in [0.5, 0.6) is 0 Å². The topological polar surface area (TPSA) is 45.2 Å². The lowest BCUT2D eigenvalue weighted by Gasteiger charge is -2.23. The molecule has 0 spiro atoms. The van der Waals surface area contributed by atoms with Crippen molar-refractivity contribution in [3.8, 4) is 0 Å². The number of halogens is 1. The number of aromatic nitrogens is 1. The molecule has 0 atom stereocenters. The third kappa shape index (κ3) is 4.70. The number of anilines is 2. The summed E-state index contributed by atoms with van der Waals surface area (Å²) in [5.74, 6) is -0.523. The molecule has 0 unspecified atom stereocenters. The molecule has 1 aromatic heterocycles. The molecule has 0 radical (unpaired) electrons. The molecule has 138 valence electrons. The summed E-state index contributed by atoms with van der Waals surface area (Å²) in [7, 11) is 0. The smallest absolute Gasteiger partial charge is 0.269 e. The van der Waals surface area contributed by atoms with Crippen LogP contribution in [0.15, 0.2) is 72.9 Å². The first-order valence-corrected chi connectivity index (χ1v) is 8.99. The molecule has 2 aromatic carbocycles. The van der Waals surface area contributed by atoms with Crippen molar-refractivity contribution in [3.05, 3.63) is 90.0 Å². The fraction of sp³-hybridized carbons (Fsp3) is 0.182. The number of amides is 1. The first-order valence-electron chi connectivity index (χ1n) is 8.99. The molecule has 1 amide bonds. The Morgan fingerprint density at radius 3 is 2.52 bits per heavy atom. The summed E-state index contributed by atoms with van der Waals surface area (Å²) in [5, 5.41) is 2.81. The Kier molecular flexibility index (Phi) is 6.15. The van der Waals surface area contributed by atoms with Crippen LogP contribution < -0.4 is 10.2 Å². The maximum Gasteiger partial charge on any atom is 0.269 e. The average Bonchev–Trinajstić information content (AvgIpc) is 2.71. The monoisotopic (exact) mass is 363 g/mol. The minimum atomic E-state index is -0.266. The lowest BCUT2D eigenvalue weighted by molar-refractivity contribution is 0.0949. The van der Waals surface area contributed by atoms with Gasteiger partial charge in [-0.2, -0.15) is 0 Å². The Balaban J connectivity index is 1.67. The Hall–Kier alpha value is -3.21. The molecule has 5 heteroatoms. The van der Waals surface area contributed by atoms with E-state index < -0.39 is 0 Å². The van der Waals surface area contributed by atoms with E-state index in [0.29, 0.717) is 24.2 Å². The highest BCUT2D eigenvalue weighted by atomic mass is 19.1. The van der Waals surface area contributed by atoms with Crippen molar-refractivity contribution in [2.24, 2.45) is 0 Å². The van der Waals surface area contributed by atoms with Crippen LogP contribution in [0.4, 0.5) is 15.8 Å². The lowest BCUT2D eigenvalue weighted by atomic mass is 10.1. The molecule has 1 N–H and O–H groups in total. The summed E-state index contributed by atoms with van der Waals surface area (Å²) >= 11 is 0. The lowest BCUT2D eigenvalue weighted by Crippen LogP contribution is -2.27. The largest absolute Gasteiger partial charge is 0.350 e. The molecule has 3 aromatic rings. The van der Waals surface area contributed by atoms with E-state index in [1.807, 2.05) is 36.4 Å². The van der Waals surface area contributed by atoms with Gasteiger partial charge in [0.25, 0.3) is 5.91 Å². The van der Waals surface area contributed by atoms with Crippen molar-refractivity contribution in [1.82, 2.24) is 10.3 Å². The standard InChI is InChI=1S/C22H22FN3O/c1-2-26(18-9-4-3-5-10-18)19-13-15-24-21(16-19)22(27)25-14-12-17-8-6-7-11-20(17)23/h3-11,13,15-16H,2,12,14H2,1H3,(H,25,27). The van der Waals surface area contributed by atoms with Gasteiger partial charge in [0, 0.05) is 30.7 Å². The SMILES string of the molecule is CCN(c1ccccc1)c1ccnc(C(=O)NCCc2ccccc2F)c1.